The summed E-state index contributed by atoms with van der Waals surface area (Å²) in [5.41, 5.74) is 6.25. The lowest BCUT2D eigenvalue weighted by molar-refractivity contribution is -0.129. The number of anilines is 2. The van der Waals surface area contributed by atoms with Crippen LogP contribution >= 0.6 is 11.6 Å². The van der Waals surface area contributed by atoms with Crippen LogP contribution < -0.4 is 26.2 Å². The van der Waals surface area contributed by atoms with E-state index in [9.17, 15) is 18.0 Å². The second kappa shape index (κ2) is 13.3. The molecular formula is C31H40ClF2N7O4S. The van der Waals surface area contributed by atoms with Crippen molar-refractivity contribution < 1.29 is 26.8 Å². The van der Waals surface area contributed by atoms with E-state index >= 15 is 8.78 Å². The van der Waals surface area contributed by atoms with Gasteiger partial charge in [-0.15, -0.1) is 0 Å². The number of carbonyl (C=O) groups excluding carboxylic acids is 2. The van der Waals surface area contributed by atoms with Gasteiger partial charge in [-0.05, 0) is 62.1 Å². The number of amides is 2. The summed E-state index contributed by atoms with van der Waals surface area (Å²) in [6.45, 7) is 3.53. The zero-order valence-electron chi connectivity index (χ0n) is 25.5. The van der Waals surface area contributed by atoms with Crippen molar-refractivity contribution >= 4 is 44.9 Å². The average molecular weight is 680 g/mol. The highest BCUT2D eigenvalue weighted by atomic mass is 35.5. The minimum Gasteiger partial charge on any atom is -0.355 e. The Kier molecular flexibility index (Phi) is 9.55. The van der Waals surface area contributed by atoms with E-state index in [2.05, 4.69) is 15.6 Å². The smallest absolute Gasteiger partial charge is 0.276 e. The zero-order chi connectivity index (χ0) is 32.6. The van der Waals surface area contributed by atoms with Crippen LogP contribution in [0.1, 0.15) is 37.7 Å². The van der Waals surface area contributed by atoms with Gasteiger partial charge in [0, 0.05) is 93.8 Å². The standard InChI is InChI=1S/C31H40ClF2N7O4S/c32-27-13-23(31(33,34)22-3-1-21(2-4-22)30(43)37-18-20-16-36-17-20)14-28(38-27)39-9-11-40(12-10-39)46(44,45)26-7-5-25(6-8-26)41-19-24(35)15-29(41)42/h5-8,13-14,20-22,24,36H,1-4,9-12,15-19,35H2,(H,37,43)/t21?,22?,24-/m1/s1. The van der Waals surface area contributed by atoms with E-state index in [1.165, 1.54) is 28.6 Å². The molecule has 46 heavy (non-hydrogen) atoms. The zero-order valence-corrected chi connectivity index (χ0v) is 27.1. The third-order valence-electron chi connectivity index (χ3n) is 9.71. The minimum atomic E-state index is -3.82. The number of piperazine rings is 1. The van der Waals surface area contributed by atoms with Gasteiger partial charge < -0.3 is 26.2 Å². The average Bonchev–Trinajstić information content (AvgIpc) is 3.37. The number of nitrogens with one attached hydrogen (secondary N) is 2. The highest BCUT2D eigenvalue weighted by molar-refractivity contribution is 7.89. The fourth-order valence-corrected chi connectivity index (χ4v) is 8.39. The van der Waals surface area contributed by atoms with Gasteiger partial charge in [0.2, 0.25) is 21.8 Å². The molecule has 2 aromatic rings. The van der Waals surface area contributed by atoms with Crippen LogP contribution in [0.5, 0.6) is 0 Å². The maximum atomic E-state index is 15.9. The fraction of sp³-hybridized carbons (Fsp3) is 0.581. The second-order valence-corrected chi connectivity index (χ2v) is 15.2. The highest BCUT2D eigenvalue weighted by Gasteiger charge is 2.44. The van der Waals surface area contributed by atoms with Crippen LogP contribution in [0.3, 0.4) is 0 Å². The molecule has 4 aliphatic rings. The predicted octanol–water partition coefficient (Wildman–Crippen LogP) is 2.54. The number of carbonyl (C=O) groups is 2. The molecule has 0 unspecified atom stereocenters. The second-order valence-electron chi connectivity index (χ2n) is 12.8. The van der Waals surface area contributed by atoms with Crippen LogP contribution in [0.4, 0.5) is 20.3 Å². The Morgan fingerprint density at radius 3 is 2.33 bits per heavy atom. The molecule has 6 rings (SSSR count). The Bertz CT molecular complexity index is 1540. The van der Waals surface area contributed by atoms with E-state index in [1.54, 1.807) is 21.9 Å². The Labute approximate surface area is 272 Å². The molecule has 4 N–H and O–H groups in total. The first-order valence-electron chi connectivity index (χ1n) is 15.9. The van der Waals surface area contributed by atoms with Crippen LogP contribution in [-0.4, -0.2) is 87.9 Å². The summed E-state index contributed by atoms with van der Waals surface area (Å²) < 4.78 is 59.8. The van der Waals surface area contributed by atoms with Crippen LogP contribution in [-0.2, 0) is 25.5 Å². The van der Waals surface area contributed by atoms with Crippen molar-refractivity contribution in [2.24, 2.45) is 23.5 Å². The van der Waals surface area contributed by atoms with Gasteiger partial charge in [-0.25, -0.2) is 22.2 Å². The van der Waals surface area contributed by atoms with Gasteiger partial charge in [0.15, 0.2) is 0 Å². The number of aromatic nitrogens is 1. The molecule has 1 saturated carbocycles. The maximum Gasteiger partial charge on any atom is 0.276 e. The summed E-state index contributed by atoms with van der Waals surface area (Å²) >= 11 is 6.25. The third kappa shape index (κ3) is 6.86. The van der Waals surface area contributed by atoms with E-state index in [0.29, 0.717) is 37.5 Å². The summed E-state index contributed by atoms with van der Waals surface area (Å²) in [5.74, 6) is -3.78. The molecule has 0 radical (unpaired) electrons. The molecule has 250 valence electrons. The number of pyridine rings is 1. The molecule has 0 bridgehead atoms. The van der Waals surface area contributed by atoms with Crippen LogP contribution in [0, 0.1) is 17.8 Å². The van der Waals surface area contributed by atoms with Crippen molar-refractivity contribution in [3.8, 4) is 0 Å². The fourth-order valence-electron chi connectivity index (χ4n) is 6.76. The molecule has 15 heteroatoms. The number of hydrogen-bond acceptors (Lipinski definition) is 8. The van der Waals surface area contributed by atoms with Crippen molar-refractivity contribution in [1.82, 2.24) is 19.9 Å². The topological polar surface area (TPSA) is 141 Å². The van der Waals surface area contributed by atoms with Gasteiger partial charge in [-0.3, -0.25) is 9.59 Å². The maximum absolute atomic E-state index is 15.9. The van der Waals surface area contributed by atoms with Gasteiger partial charge >= 0.3 is 0 Å². The molecule has 0 spiro atoms. The molecule has 4 fully saturated rings. The monoisotopic (exact) mass is 679 g/mol. The lowest BCUT2D eigenvalue weighted by Gasteiger charge is -2.36. The molecule has 1 aromatic carbocycles. The number of sulfonamides is 1. The molecule has 1 aromatic heterocycles. The molecule has 4 heterocycles. The number of rotatable bonds is 9. The number of nitrogens with zero attached hydrogens (tertiary/aromatic N) is 4. The quantitative estimate of drug-likeness (QED) is 0.344. The van der Waals surface area contributed by atoms with Crippen molar-refractivity contribution in [3.63, 3.8) is 0 Å². The summed E-state index contributed by atoms with van der Waals surface area (Å²) in [7, 11) is -3.82. The summed E-state index contributed by atoms with van der Waals surface area (Å²) in [5, 5.41) is 6.08. The molecule has 3 aliphatic heterocycles. The first kappa shape index (κ1) is 33.0. The van der Waals surface area contributed by atoms with Crippen LogP contribution in [0.25, 0.3) is 0 Å². The summed E-state index contributed by atoms with van der Waals surface area (Å²) in [6.07, 6.45) is 1.52. The minimum absolute atomic E-state index is 0.0511. The molecule has 11 nitrogen and oxygen atoms in total. The predicted molar refractivity (Wildman–Crippen MR) is 170 cm³/mol. The molecule has 1 aliphatic carbocycles. The van der Waals surface area contributed by atoms with E-state index in [1.807, 2.05) is 0 Å². The third-order valence-corrected chi connectivity index (χ3v) is 11.8. The van der Waals surface area contributed by atoms with Crippen molar-refractivity contribution in [3.05, 3.63) is 47.1 Å². The van der Waals surface area contributed by atoms with Crippen molar-refractivity contribution in [2.75, 3.05) is 62.2 Å². The summed E-state index contributed by atoms with van der Waals surface area (Å²) in [4.78, 5) is 32.5. The van der Waals surface area contributed by atoms with Gasteiger partial charge in [0.05, 0.1) is 4.90 Å². The number of nitrogens with two attached hydrogens (primary N) is 1. The SMILES string of the molecule is N[C@@H]1CC(=O)N(c2ccc(S(=O)(=O)N3CCN(c4cc(C(F)(F)C5CCC(C(=O)NCC6CNC6)CC5)cc(Cl)n4)CC3)cc2)C1. The van der Waals surface area contributed by atoms with Gasteiger partial charge in [-0.1, -0.05) is 11.6 Å². The lowest BCUT2D eigenvalue weighted by Crippen LogP contribution is -2.49. The molecule has 1 atom stereocenters. The van der Waals surface area contributed by atoms with Gasteiger partial charge in [0.25, 0.3) is 5.92 Å². The van der Waals surface area contributed by atoms with Gasteiger partial charge in [-0.2, -0.15) is 4.31 Å². The van der Waals surface area contributed by atoms with Crippen LogP contribution in [0.15, 0.2) is 41.3 Å². The Balaban J connectivity index is 1.06. The molecule has 3 saturated heterocycles. The van der Waals surface area contributed by atoms with Crippen molar-refractivity contribution in [1.29, 1.82) is 0 Å². The highest BCUT2D eigenvalue weighted by Crippen LogP contribution is 2.46. The Morgan fingerprint density at radius 2 is 1.74 bits per heavy atom. The first-order chi connectivity index (χ1) is 21.9. The largest absolute Gasteiger partial charge is 0.355 e. The van der Waals surface area contributed by atoms with Gasteiger partial charge in [0.1, 0.15) is 11.0 Å². The van der Waals surface area contributed by atoms with Crippen LogP contribution in [0.2, 0.25) is 5.15 Å². The number of halogens is 3. The Morgan fingerprint density at radius 1 is 1.07 bits per heavy atom. The van der Waals surface area contributed by atoms with E-state index in [4.69, 9.17) is 17.3 Å². The Hall–Kier alpha value is -2.91. The number of alkyl halides is 2. The normalized spacial score (nSPS) is 25.0. The van der Waals surface area contributed by atoms with E-state index in [0.717, 1.165) is 13.1 Å². The number of hydrogen-bond donors (Lipinski definition) is 3. The number of benzene rings is 1. The summed E-state index contributed by atoms with van der Waals surface area (Å²) in [6, 6.07) is 8.47. The first-order valence-corrected chi connectivity index (χ1v) is 17.7. The van der Waals surface area contributed by atoms with E-state index in [-0.39, 0.29) is 90.6 Å². The van der Waals surface area contributed by atoms with E-state index < -0.39 is 21.9 Å². The molecular weight excluding hydrogens is 640 g/mol. The lowest BCUT2D eigenvalue weighted by atomic mass is 9.77. The van der Waals surface area contributed by atoms with Crippen molar-refractivity contribution in [2.45, 2.75) is 49.0 Å². The molecule has 2 amide bonds.